The molecule has 0 bridgehead atoms. The Morgan fingerprint density at radius 2 is 0.682 bits per heavy atom. The van der Waals surface area contributed by atoms with Crippen LogP contribution in [0.5, 0.6) is 46.0 Å². The molecule has 0 aliphatic carbocycles. The van der Waals surface area contributed by atoms with Crippen LogP contribution in [0, 0.1) is 20.3 Å². The van der Waals surface area contributed by atoms with Crippen LogP contribution in [0.15, 0.2) is 160 Å². The number of benzene rings is 8. The van der Waals surface area contributed by atoms with E-state index in [0.29, 0.717) is 190 Å². The number of phenols is 4. The van der Waals surface area contributed by atoms with E-state index in [1.54, 1.807) is 91.0 Å². The van der Waals surface area contributed by atoms with Gasteiger partial charge in [0.25, 0.3) is 0 Å². The Morgan fingerprint density at radius 3 is 0.984 bits per heavy atom. The minimum atomic E-state index is -0.400. The number of carbonyl (C=O) groups excluding carboxylic acids is 11. The van der Waals surface area contributed by atoms with Crippen LogP contribution in [-0.4, -0.2) is 84.7 Å². The van der Waals surface area contributed by atoms with E-state index in [2.05, 4.69) is 51.4 Å². The number of allylic oxidation sites excluding steroid dienone is 1. The maximum Gasteiger partial charge on any atom is 1.00 e. The minimum Gasteiger partial charge on any atom is -0.532 e. The number of Topliss-reactive ketones (excluding diaryl/α,β-unsaturated/α-hetero) is 3. The van der Waals surface area contributed by atoms with Gasteiger partial charge in [-0.15, -0.1) is 12.1 Å². The Labute approximate surface area is 837 Å². The van der Waals surface area contributed by atoms with Gasteiger partial charge in [-0.05, 0) is 266 Å². The molecule has 8 aromatic carbocycles. The average molecular weight is 2350 g/mol. The van der Waals surface area contributed by atoms with Crippen LogP contribution in [0.3, 0.4) is 0 Å². The summed E-state index contributed by atoms with van der Waals surface area (Å²) in [4.78, 5) is 135. The number of nitrogen functional groups attached to an aromatic ring is 1. The fourth-order valence-corrected chi connectivity index (χ4v) is 17.9. The van der Waals surface area contributed by atoms with E-state index in [1.807, 2.05) is 117 Å². The number of phenolic OH excluding ortho intramolecular Hbond substituents is 4. The molecule has 0 aliphatic heterocycles. The number of hydrogen-bond acceptors (Lipinski definition) is 24. The summed E-state index contributed by atoms with van der Waals surface area (Å²) >= 11 is 14.5. The molecule has 0 unspecified atom stereocenters. The summed E-state index contributed by atoms with van der Waals surface area (Å²) < 4.78 is 48.9. The van der Waals surface area contributed by atoms with Gasteiger partial charge in [-0.25, -0.2) is 0 Å². The maximum atomic E-state index is 13.6. The first kappa shape index (κ1) is 105. The minimum absolute atomic E-state index is 0. The molecule has 32 heteroatoms. The zero-order chi connectivity index (χ0) is 93.5. The molecule has 129 heavy (non-hydrogen) atoms. The Balaban J connectivity index is 0.000000212. The second-order valence-corrected chi connectivity index (χ2v) is 36.4. The predicted octanol–water partition coefficient (Wildman–Crippen LogP) is 20.5. The van der Waals surface area contributed by atoms with Crippen molar-refractivity contribution >= 4 is 236 Å². The summed E-state index contributed by atoms with van der Waals surface area (Å²) in [6.45, 7) is 16.5. The molecule has 4 aromatic heterocycles. The first-order valence-corrected chi connectivity index (χ1v) is 47.0. The molecule has 8 N–H and O–H groups in total. The zero-order valence-electron chi connectivity index (χ0n) is 72.1. The fraction of sp³-hybridized carbons (Fsp3) is 0.289. The molecular formula is C97H93Br2I4N2NaO23. The summed E-state index contributed by atoms with van der Waals surface area (Å²) in [6.07, 6.45) is 11.2. The average Bonchev–Trinajstić information content (AvgIpc) is 1.64. The van der Waals surface area contributed by atoms with Gasteiger partial charge in [0.05, 0.1) is 51.2 Å². The second-order valence-electron chi connectivity index (χ2n) is 30.0. The summed E-state index contributed by atoms with van der Waals surface area (Å²) in [5.41, 5.74) is 15.6. The number of primary amides is 1. The second kappa shape index (κ2) is 50.0. The third-order valence-corrected chi connectivity index (χ3v) is 24.3. The van der Waals surface area contributed by atoms with Crippen LogP contribution in [0.25, 0.3) is 43.9 Å². The van der Waals surface area contributed by atoms with Crippen molar-refractivity contribution in [2.24, 2.45) is 5.73 Å². The molecule has 0 radical (unpaired) electrons. The van der Waals surface area contributed by atoms with Crippen LogP contribution >= 0.6 is 122 Å². The number of rotatable bonds is 38. The number of ether oxygens (including phenoxy) is 4. The molecule has 0 saturated heterocycles. The van der Waals surface area contributed by atoms with E-state index in [1.165, 1.54) is 45.0 Å². The Bertz CT molecular complexity index is 6000. The first-order valence-electron chi connectivity index (χ1n) is 41.1. The number of nitrogens with two attached hydrogens (primary N) is 2. The number of aryl methyl sites for hydroxylation is 4. The van der Waals surface area contributed by atoms with Crippen molar-refractivity contribution < 1.29 is 139 Å². The molecule has 4 heterocycles. The van der Waals surface area contributed by atoms with Crippen molar-refractivity contribution in [3.63, 3.8) is 0 Å². The molecule has 0 aliphatic rings. The van der Waals surface area contributed by atoms with Crippen LogP contribution < -0.4 is 60.0 Å². The van der Waals surface area contributed by atoms with Gasteiger partial charge in [-0.3, -0.25) is 33.6 Å². The SMILES string of the molecule is C=C(CCCC)Oc1ccc2c(C(=O)c3cc(I)c(O)c(I)c3)c(CCCC(N)=O)oc2c1.CCCCC(=O)Oc1ccc2c(C(=O)c3c[c-]c(O)c(N)c3)c(CCC(C)=O)oc2c1.CCCCC(=O)Oc1ccc2c(C(=O)c3cc(Br)c(O)c(Br)c3)c(CCC(C)=O)oc2c1.CCCCC(=O)Oc1ccc2c(C(=O)c3cc(I)c(O)c(I)c3)c(CCC(C)=O)oc2c1.[Na+]. The molecule has 672 valence electrons. The number of ketones is 7. The van der Waals surface area contributed by atoms with Crippen LogP contribution in [0.4, 0.5) is 5.69 Å². The number of carbonyl (C=O) groups is 11. The Morgan fingerprint density at radius 1 is 0.388 bits per heavy atom. The van der Waals surface area contributed by atoms with Gasteiger partial charge in [-0.2, -0.15) is 6.07 Å². The molecule has 0 fully saturated rings. The number of amides is 1. The summed E-state index contributed by atoms with van der Waals surface area (Å²) in [5.74, 6) is 1.35. The molecular weight excluding hydrogens is 2250 g/mol. The van der Waals surface area contributed by atoms with E-state index < -0.39 is 5.91 Å². The van der Waals surface area contributed by atoms with Crippen molar-refractivity contribution in [1.29, 1.82) is 0 Å². The van der Waals surface area contributed by atoms with Crippen molar-refractivity contribution in [2.75, 3.05) is 5.73 Å². The summed E-state index contributed by atoms with van der Waals surface area (Å²) in [7, 11) is 0. The largest absolute Gasteiger partial charge is 1.00 e. The predicted molar refractivity (Wildman–Crippen MR) is 524 cm³/mol. The standard InChI is InChI=1S/C25H25I2NO5.C24H22Br2O6.C24H22I2O6.C24H24NO6.Na/c1-3-4-6-14(2)32-16-9-10-17-21(13-16)33-20(7-5-8-22(28)29)23(17)24(30)15-11-18(26)25(31)19(27)12-15;2*1-3-4-5-21(28)31-15-7-8-16-20(12-15)32-19(9-6-13(2)27)22(16)23(29)14-10-17(25)24(30)18(26)11-14;1-3-4-5-22(28)30-16-8-9-17-21(13-16)31-20(11-6-14(2)26)23(17)24(29)15-7-10-19(27)18(25)12-15;/h9-13,31H,2-8H2,1H3,(H2,28,29);2*7-8,10-12,30H,3-6,9H2,1-2H3;7-9,12-13,27H,3-6,11,25H2,1-2H3;/q;;;-1;+1. The van der Waals surface area contributed by atoms with Gasteiger partial charge in [0.2, 0.25) is 5.91 Å². The van der Waals surface area contributed by atoms with Gasteiger partial charge in [0, 0.05) is 145 Å². The topological polar surface area (TPSA) is 410 Å². The normalized spacial score (nSPS) is 10.9. The van der Waals surface area contributed by atoms with Crippen molar-refractivity contribution in [3.05, 3.63) is 231 Å². The smallest absolute Gasteiger partial charge is 0.532 e. The fourth-order valence-electron chi connectivity index (χ4n) is 13.2. The number of fused-ring (bicyclic) bond motifs is 4. The molecule has 0 atom stereocenters. The van der Waals surface area contributed by atoms with Crippen molar-refractivity contribution in [1.82, 2.24) is 0 Å². The third kappa shape index (κ3) is 29.0. The van der Waals surface area contributed by atoms with E-state index in [0.717, 1.165) is 57.8 Å². The number of esters is 3. The molecule has 25 nitrogen and oxygen atoms in total. The molecule has 1 amide bonds. The van der Waals surface area contributed by atoms with E-state index in [4.69, 9.17) is 48.1 Å². The monoisotopic (exact) mass is 2340 g/mol. The molecule has 12 rings (SSSR count). The Kier molecular flexibility index (Phi) is 40.8. The number of hydrogen-bond donors (Lipinski definition) is 6. The summed E-state index contributed by atoms with van der Waals surface area (Å²) in [5, 5.41) is 42.0. The molecule has 0 spiro atoms. The van der Waals surface area contributed by atoms with E-state index in [9.17, 15) is 73.2 Å². The quantitative estimate of drug-likeness (QED) is 0.00241. The molecule has 12 aromatic rings. The van der Waals surface area contributed by atoms with E-state index in [-0.39, 0.29) is 167 Å². The van der Waals surface area contributed by atoms with E-state index >= 15 is 0 Å². The van der Waals surface area contributed by atoms with Gasteiger partial charge < -0.3 is 87.7 Å². The van der Waals surface area contributed by atoms with Gasteiger partial charge in [0.15, 0.2) is 17.3 Å². The number of anilines is 1. The van der Waals surface area contributed by atoms with Gasteiger partial charge in [0.1, 0.15) is 109 Å². The van der Waals surface area contributed by atoms with Crippen LogP contribution in [0.1, 0.15) is 244 Å². The zero-order valence-corrected chi connectivity index (χ0v) is 85.9. The first-order chi connectivity index (χ1) is 60.9. The number of furan rings is 4. The van der Waals surface area contributed by atoms with Gasteiger partial charge in [-0.1, -0.05) is 65.5 Å². The van der Waals surface area contributed by atoms with Gasteiger partial charge >= 0.3 is 47.5 Å². The van der Waals surface area contributed by atoms with Crippen molar-refractivity contribution in [2.45, 2.75) is 183 Å². The van der Waals surface area contributed by atoms with Crippen LogP contribution in [0.2, 0.25) is 0 Å². The number of unbranched alkanes of at least 4 members (excludes halogenated alkanes) is 4. The number of aromatic hydroxyl groups is 4. The Hall–Kier alpha value is -9.09. The third-order valence-electron chi connectivity index (χ3n) is 19.8. The molecule has 0 saturated carbocycles. The number of halogens is 6. The maximum absolute atomic E-state index is 13.6. The van der Waals surface area contributed by atoms with Crippen LogP contribution in [-0.2, 0) is 59.2 Å². The summed E-state index contributed by atoms with van der Waals surface area (Å²) in [6, 6.07) is 34.8. The van der Waals surface area contributed by atoms with Crippen molar-refractivity contribution in [3.8, 4) is 46.0 Å².